The summed E-state index contributed by atoms with van der Waals surface area (Å²) in [6.45, 7) is 3.82. The van der Waals surface area contributed by atoms with Gasteiger partial charge in [-0.05, 0) is 26.0 Å². The number of nitrogens with one attached hydrogen (secondary N) is 1. The van der Waals surface area contributed by atoms with Crippen molar-refractivity contribution in [1.29, 1.82) is 0 Å². The number of carbonyl (C=O) groups is 1. The number of benzene rings is 1. The quantitative estimate of drug-likeness (QED) is 0.730. The van der Waals surface area contributed by atoms with E-state index in [1.165, 1.54) is 0 Å². The average molecular weight is 208 g/mol. The molecular formula is C11H16N2O2. The van der Waals surface area contributed by atoms with Gasteiger partial charge in [0, 0.05) is 17.8 Å². The zero-order valence-electron chi connectivity index (χ0n) is 8.99. The molecule has 1 aromatic carbocycles. The summed E-state index contributed by atoms with van der Waals surface area (Å²) in [5, 5.41) is 2.73. The van der Waals surface area contributed by atoms with Gasteiger partial charge in [-0.3, -0.25) is 4.79 Å². The first kappa shape index (κ1) is 11.4. The summed E-state index contributed by atoms with van der Waals surface area (Å²) in [6, 6.07) is 7.12. The molecule has 0 saturated carbocycles. The highest BCUT2D eigenvalue weighted by Crippen LogP contribution is 2.13. The highest BCUT2D eigenvalue weighted by Gasteiger charge is 2.03. The molecule has 0 aliphatic carbocycles. The lowest BCUT2D eigenvalue weighted by Gasteiger charge is -2.09. The van der Waals surface area contributed by atoms with E-state index in [0.29, 0.717) is 11.4 Å². The molecule has 4 nitrogen and oxygen atoms in total. The van der Waals surface area contributed by atoms with Crippen molar-refractivity contribution in [2.24, 2.45) is 0 Å². The summed E-state index contributed by atoms with van der Waals surface area (Å²) in [4.78, 5) is 11.2. The Kier molecular flexibility index (Phi) is 3.97. The molecule has 1 rings (SSSR count). The van der Waals surface area contributed by atoms with Crippen LogP contribution in [0.25, 0.3) is 0 Å². The minimum absolute atomic E-state index is 0.0155. The van der Waals surface area contributed by atoms with Crippen molar-refractivity contribution in [3.8, 4) is 5.75 Å². The molecule has 0 heterocycles. The molecule has 0 saturated heterocycles. The normalized spacial score (nSPS) is 10.1. The number of carbonyl (C=O) groups excluding carboxylic acids is 1. The number of rotatable bonds is 4. The highest BCUT2D eigenvalue weighted by molar-refractivity contribution is 5.77. The second kappa shape index (κ2) is 5.24. The number of nitrogen functional groups attached to an aromatic ring is 1. The largest absolute Gasteiger partial charge is 0.484 e. The van der Waals surface area contributed by atoms with Crippen molar-refractivity contribution in [2.75, 3.05) is 12.3 Å². The van der Waals surface area contributed by atoms with Crippen molar-refractivity contribution in [3.05, 3.63) is 24.3 Å². The van der Waals surface area contributed by atoms with E-state index in [4.69, 9.17) is 10.5 Å². The van der Waals surface area contributed by atoms with Gasteiger partial charge in [-0.25, -0.2) is 0 Å². The van der Waals surface area contributed by atoms with E-state index in [1.54, 1.807) is 24.3 Å². The van der Waals surface area contributed by atoms with Gasteiger partial charge in [-0.15, -0.1) is 0 Å². The van der Waals surface area contributed by atoms with Crippen LogP contribution in [0, 0.1) is 0 Å². The van der Waals surface area contributed by atoms with Crippen LogP contribution < -0.4 is 15.8 Å². The molecule has 15 heavy (non-hydrogen) atoms. The second-order valence-electron chi connectivity index (χ2n) is 3.58. The Labute approximate surface area is 89.4 Å². The van der Waals surface area contributed by atoms with Gasteiger partial charge in [-0.1, -0.05) is 6.07 Å². The minimum Gasteiger partial charge on any atom is -0.484 e. The van der Waals surface area contributed by atoms with E-state index in [2.05, 4.69) is 5.32 Å². The van der Waals surface area contributed by atoms with Crippen LogP contribution in [0.2, 0.25) is 0 Å². The molecule has 0 unspecified atom stereocenters. The summed E-state index contributed by atoms with van der Waals surface area (Å²) >= 11 is 0. The molecule has 0 radical (unpaired) electrons. The lowest BCUT2D eigenvalue weighted by atomic mass is 10.3. The van der Waals surface area contributed by atoms with Crippen molar-refractivity contribution in [3.63, 3.8) is 0 Å². The van der Waals surface area contributed by atoms with E-state index in [9.17, 15) is 4.79 Å². The smallest absolute Gasteiger partial charge is 0.258 e. The summed E-state index contributed by atoms with van der Waals surface area (Å²) in [5.41, 5.74) is 6.19. The molecule has 4 heteroatoms. The van der Waals surface area contributed by atoms with Gasteiger partial charge in [0.2, 0.25) is 0 Å². The third-order valence-corrected chi connectivity index (χ3v) is 1.68. The fraction of sp³-hybridized carbons (Fsp3) is 0.364. The Balaban J connectivity index is 2.40. The first-order valence-corrected chi connectivity index (χ1v) is 4.85. The summed E-state index contributed by atoms with van der Waals surface area (Å²) in [6.07, 6.45) is 0. The number of amides is 1. The Morgan fingerprint density at radius 2 is 2.27 bits per heavy atom. The van der Waals surface area contributed by atoms with Crippen LogP contribution in [0.5, 0.6) is 5.75 Å². The maximum atomic E-state index is 11.2. The Morgan fingerprint density at radius 3 is 2.87 bits per heavy atom. The Bertz CT molecular complexity index is 337. The van der Waals surface area contributed by atoms with Crippen molar-refractivity contribution in [2.45, 2.75) is 19.9 Å². The lowest BCUT2D eigenvalue weighted by Crippen LogP contribution is -2.34. The molecule has 0 bridgehead atoms. The zero-order chi connectivity index (χ0) is 11.3. The van der Waals surface area contributed by atoms with Crippen LogP contribution in [0.4, 0.5) is 5.69 Å². The number of ether oxygens (including phenoxy) is 1. The number of hydrogen-bond donors (Lipinski definition) is 2. The van der Waals surface area contributed by atoms with E-state index in [0.717, 1.165) is 0 Å². The highest BCUT2D eigenvalue weighted by atomic mass is 16.5. The molecule has 0 aromatic heterocycles. The lowest BCUT2D eigenvalue weighted by molar-refractivity contribution is -0.123. The van der Waals surface area contributed by atoms with Gasteiger partial charge < -0.3 is 15.8 Å². The topological polar surface area (TPSA) is 64.3 Å². The van der Waals surface area contributed by atoms with Crippen LogP contribution in [-0.4, -0.2) is 18.6 Å². The van der Waals surface area contributed by atoms with Gasteiger partial charge in [0.25, 0.3) is 5.91 Å². The van der Waals surface area contributed by atoms with Crippen LogP contribution in [0.15, 0.2) is 24.3 Å². The van der Waals surface area contributed by atoms with Gasteiger partial charge in [-0.2, -0.15) is 0 Å². The second-order valence-corrected chi connectivity index (χ2v) is 3.58. The fourth-order valence-corrected chi connectivity index (χ4v) is 1.12. The molecule has 3 N–H and O–H groups in total. The number of anilines is 1. The van der Waals surface area contributed by atoms with Crippen molar-refractivity contribution < 1.29 is 9.53 Å². The SMILES string of the molecule is CC(C)NC(=O)COc1cccc(N)c1. The van der Waals surface area contributed by atoms with E-state index in [-0.39, 0.29) is 18.6 Å². The first-order valence-electron chi connectivity index (χ1n) is 4.85. The Morgan fingerprint density at radius 1 is 1.53 bits per heavy atom. The van der Waals surface area contributed by atoms with E-state index < -0.39 is 0 Å². The molecular weight excluding hydrogens is 192 g/mol. The molecule has 0 aliphatic rings. The maximum Gasteiger partial charge on any atom is 0.258 e. The van der Waals surface area contributed by atoms with Gasteiger partial charge >= 0.3 is 0 Å². The first-order chi connectivity index (χ1) is 7.08. The number of hydrogen-bond acceptors (Lipinski definition) is 3. The van der Waals surface area contributed by atoms with Crippen LogP contribution in [0.1, 0.15) is 13.8 Å². The van der Waals surface area contributed by atoms with Crippen LogP contribution in [-0.2, 0) is 4.79 Å². The van der Waals surface area contributed by atoms with Crippen LogP contribution >= 0.6 is 0 Å². The predicted molar refractivity (Wildman–Crippen MR) is 59.6 cm³/mol. The summed E-state index contributed by atoms with van der Waals surface area (Å²) in [5.74, 6) is 0.473. The van der Waals surface area contributed by atoms with Gasteiger partial charge in [0.1, 0.15) is 5.75 Å². The zero-order valence-corrected chi connectivity index (χ0v) is 8.99. The monoisotopic (exact) mass is 208 g/mol. The van der Waals surface area contributed by atoms with E-state index >= 15 is 0 Å². The molecule has 1 aromatic rings. The molecule has 0 fully saturated rings. The molecule has 0 spiro atoms. The van der Waals surface area contributed by atoms with Gasteiger partial charge in [0.15, 0.2) is 6.61 Å². The third-order valence-electron chi connectivity index (χ3n) is 1.68. The standard InChI is InChI=1S/C11H16N2O2/c1-8(2)13-11(14)7-15-10-5-3-4-9(12)6-10/h3-6,8H,7,12H2,1-2H3,(H,13,14). The summed E-state index contributed by atoms with van der Waals surface area (Å²) < 4.78 is 5.26. The van der Waals surface area contributed by atoms with E-state index in [1.807, 2.05) is 13.8 Å². The molecule has 0 atom stereocenters. The van der Waals surface area contributed by atoms with Crippen molar-refractivity contribution >= 4 is 11.6 Å². The molecule has 1 amide bonds. The number of nitrogens with two attached hydrogens (primary N) is 1. The molecule has 0 aliphatic heterocycles. The maximum absolute atomic E-state index is 11.2. The van der Waals surface area contributed by atoms with Crippen LogP contribution in [0.3, 0.4) is 0 Å². The third kappa shape index (κ3) is 4.35. The summed E-state index contributed by atoms with van der Waals surface area (Å²) in [7, 11) is 0. The predicted octanol–water partition coefficient (Wildman–Crippen LogP) is 1.17. The minimum atomic E-state index is -0.132. The van der Waals surface area contributed by atoms with Crippen molar-refractivity contribution in [1.82, 2.24) is 5.32 Å². The Hall–Kier alpha value is -1.71. The average Bonchev–Trinajstić information content (AvgIpc) is 2.14. The van der Waals surface area contributed by atoms with Gasteiger partial charge in [0.05, 0.1) is 0 Å². The fourth-order valence-electron chi connectivity index (χ4n) is 1.12. The molecule has 82 valence electrons.